The molecule has 4 aromatic carbocycles. The molecule has 2 N–H and O–H groups in total. The summed E-state index contributed by atoms with van der Waals surface area (Å²) in [6.45, 7) is 1.93. The zero-order valence-electron chi connectivity index (χ0n) is 21.0. The number of benzene rings is 4. The van der Waals surface area contributed by atoms with Crippen molar-refractivity contribution in [3.8, 4) is 0 Å². The van der Waals surface area contributed by atoms with Crippen molar-refractivity contribution in [1.29, 1.82) is 0 Å². The minimum absolute atomic E-state index is 0.0549. The second-order valence-corrected chi connectivity index (χ2v) is 9.06. The van der Waals surface area contributed by atoms with Crippen molar-refractivity contribution in [2.75, 3.05) is 5.32 Å². The van der Waals surface area contributed by atoms with Crippen molar-refractivity contribution in [2.24, 2.45) is 0 Å². The third-order valence-electron chi connectivity index (χ3n) is 5.71. The third kappa shape index (κ3) is 7.37. The lowest BCUT2D eigenvalue weighted by Gasteiger charge is -2.12. The Morgan fingerprint density at radius 3 is 2.23 bits per heavy atom. The summed E-state index contributed by atoms with van der Waals surface area (Å²) in [5.41, 5.74) is 3.10. The molecule has 2 amide bonds. The van der Waals surface area contributed by atoms with Crippen molar-refractivity contribution in [2.45, 2.75) is 6.92 Å². The normalized spacial score (nSPS) is 11.3. The van der Waals surface area contributed by atoms with Crippen molar-refractivity contribution in [1.82, 2.24) is 5.32 Å². The number of anilines is 1. The molecule has 0 aliphatic carbocycles. The van der Waals surface area contributed by atoms with Gasteiger partial charge in [0.2, 0.25) is 0 Å². The van der Waals surface area contributed by atoms with E-state index in [0.717, 1.165) is 11.1 Å². The zero-order chi connectivity index (χ0) is 27.8. The van der Waals surface area contributed by atoms with Crippen molar-refractivity contribution in [3.63, 3.8) is 0 Å². The summed E-state index contributed by atoms with van der Waals surface area (Å²) < 4.78 is 14.0. The van der Waals surface area contributed by atoms with Crippen LogP contribution in [0.1, 0.15) is 37.4 Å². The van der Waals surface area contributed by atoms with Gasteiger partial charge >= 0.3 is 0 Å². The van der Waals surface area contributed by atoms with E-state index >= 15 is 0 Å². The summed E-state index contributed by atoms with van der Waals surface area (Å²) in [6, 6.07) is 26.6. The number of nitrogens with one attached hydrogen (secondary N) is 2. The van der Waals surface area contributed by atoms with Crippen molar-refractivity contribution < 1.29 is 18.8 Å². The van der Waals surface area contributed by atoms with Gasteiger partial charge in [0, 0.05) is 22.4 Å². The number of allylic oxidation sites excluding steroid dienone is 1. The summed E-state index contributed by atoms with van der Waals surface area (Å²) in [7, 11) is 0. The first-order chi connectivity index (χ1) is 18.8. The number of carbonyl (C=O) groups excluding carboxylic acids is 3. The minimum atomic E-state index is -0.533. The predicted octanol–water partition coefficient (Wildman–Crippen LogP) is 7.09. The molecule has 5 nitrogen and oxygen atoms in total. The van der Waals surface area contributed by atoms with Crippen LogP contribution in [0.3, 0.4) is 0 Å². The molecular formula is C32H24ClFN2O3. The fourth-order valence-corrected chi connectivity index (χ4v) is 3.94. The average molecular weight is 539 g/mol. The van der Waals surface area contributed by atoms with E-state index in [2.05, 4.69) is 10.6 Å². The van der Waals surface area contributed by atoms with Gasteiger partial charge in [0.1, 0.15) is 11.5 Å². The van der Waals surface area contributed by atoms with Gasteiger partial charge in [0.05, 0.1) is 5.02 Å². The van der Waals surface area contributed by atoms with Gasteiger partial charge in [-0.05, 0) is 79.2 Å². The molecule has 0 unspecified atom stereocenters. The van der Waals surface area contributed by atoms with E-state index in [1.807, 2.05) is 31.2 Å². The fourth-order valence-electron chi connectivity index (χ4n) is 3.71. The van der Waals surface area contributed by atoms with Gasteiger partial charge in [0.15, 0.2) is 5.78 Å². The molecule has 0 atom stereocenters. The largest absolute Gasteiger partial charge is 0.321 e. The highest BCUT2D eigenvalue weighted by Gasteiger charge is 2.15. The standard InChI is InChI=1S/C32H24ClFN2O3/c1-21-7-5-8-22(19-21)20-29(36-31(38)24-9-3-2-4-10-24)32(39)35-25-15-13-23(14-16-25)30(37)18-17-26-27(33)11-6-12-28(26)34/h2-20H,1H3,(H,35,39)(H,36,38)/b18-17+,29-20-. The Labute approximate surface area is 230 Å². The van der Waals surface area contributed by atoms with Crippen LogP contribution in [-0.4, -0.2) is 17.6 Å². The molecule has 0 saturated heterocycles. The molecular weight excluding hydrogens is 515 g/mol. The molecule has 0 saturated carbocycles. The van der Waals surface area contributed by atoms with Gasteiger partial charge < -0.3 is 10.6 Å². The first-order valence-electron chi connectivity index (χ1n) is 12.0. The lowest BCUT2D eigenvalue weighted by Crippen LogP contribution is -2.30. The summed E-state index contributed by atoms with van der Waals surface area (Å²) in [5.74, 6) is -1.85. The molecule has 0 spiro atoms. The maximum atomic E-state index is 14.0. The van der Waals surface area contributed by atoms with E-state index in [1.165, 1.54) is 42.5 Å². The number of amides is 2. The van der Waals surface area contributed by atoms with Crippen molar-refractivity contribution in [3.05, 3.63) is 147 Å². The van der Waals surface area contributed by atoms with Crippen LogP contribution in [0, 0.1) is 12.7 Å². The number of ketones is 1. The number of hydrogen-bond acceptors (Lipinski definition) is 3. The molecule has 4 rings (SSSR count). The van der Waals surface area contributed by atoms with Crippen LogP contribution in [0.4, 0.5) is 10.1 Å². The van der Waals surface area contributed by atoms with Crippen LogP contribution < -0.4 is 10.6 Å². The van der Waals surface area contributed by atoms with Gasteiger partial charge in [-0.2, -0.15) is 0 Å². The van der Waals surface area contributed by atoms with E-state index in [1.54, 1.807) is 48.5 Å². The number of halogens is 2. The topological polar surface area (TPSA) is 75.3 Å². The molecule has 4 aromatic rings. The van der Waals surface area contributed by atoms with Gasteiger partial charge in [-0.15, -0.1) is 0 Å². The van der Waals surface area contributed by atoms with E-state index < -0.39 is 17.6 Å². The quantitative estimate of drug-likeness (QED) is 0.186. The molecule has 0 bridgehead atoms. The average Bonchev–Trinajstić information content (AvgIpc) is 2.93. The Kier molecular flexibility index (Phi) is 8.82. The number of hydrogen-bond donors (Lipinski definition) is 2. The maximum absolute atomic E-state index is 14.0. The monoisotopic (exact) mass is 538 g/mol. The lowest BCUT2D eigenvalue weighted by molar-refractivity contribution is -0.113. The first-order valence-corrected chi connectivity index (χ1v) is 12.4. The molecule has 0 fully saturated rings. The van der Waals surface area contributed by atoms with E-state index in [9.17, 15) is 18.8 Å². The van der Waals surface area contributed by atoms with Crippen LogP contribution in [0.5, 0.6) is 0 Å². The minimum Gasteiger partial charge on any atom is -0.321 e. The van der Waals surface area contributed by atoms with Crippen LogP contribution in [0.2, 0.25) is 5.02 Å². The Morgan fingerprint density at radius 1 is 0.821 bits per heavy atom. The molecule has 7 heteroatoms. The summed E-state index contributed by atoms with van der Waals surface area (Å²) in [5, 5.41) is 5.65. The third-order valence-corrected chi connectivity index (χ3v) is 6.04. The summed E-state index contributed by atoms with van der Waals surface area (Å²) in [6.07, 6.45) is 4.16. The first kappa shape index (κ1) is 27.2. The number of carbonyl (C=O) groups is 3. The highest BCUT2D eigenvalue weighted by molar-refractivity contribution is 6.32. The van der Waals surface area contributed by atoms with Gasteiger partial charge in [0.25, 0.3) is 11.8 Å². The predicted molar refractivity (Wildman–Crippen MR) is 153 cm³/mol. The summed E-state index contributed by atoms with van der Waals surface area (Å²) in [4.78, 5) is 38.6. The summed E-state index contributed by atoms with van der Waals surface area (Å²) >= 11 is 6.01. The highest BCUT2D eigenvalue weighted by atomic mass is 35.5. The van der Waals surface area contributed by atoms with Gasteiger partial charge in [-0.3, -0.25) is 14.4 Å². The van der Waals surface area contributed by atoms with E-state index in [4.69, 9.17) is 11.6 Å². The molecule has 0 aliphatic rings. The number of aryl methyl sites for hydroxylation is 1. The van der Waals surface area contributed by atoms with E-state index in [-0.39, 0.29) is 22.1 Å². The van der Waals surface area contributed by atoms with Crippen molar-refractivity contribution >= 4 is 47.0 Å². The molecule has 0 radical (unpaired) electrons. The Morgan fingerprint density at radius 2 is 1.54 bits per heavy atom. The van der Waals surface area contributed by atoms with E-state index in [0.29, 0.717) is 16.8 Å². The second kappa shape index (κ2) is 12.6. The fraction of sp³-hybridized carbons (Fsp3) is 0.0312. The lowest BCUT2D eigenvalue weighted by atomic mass is 10.1. The van der Waals surface area contributed by atoms with Crippen LogP contribution in [0.15, 0.2) is 109 Å². The molecule has 0 aromatic heterocycles. The maximum Gasteiger partial charge on any atom is 0.272 e. The van der Waals surface area contributed by atoms with Crippen LogP contribution >= 0.6 is 11.6 Å². The van der Waals surface area contributed by atoms with Crippen LogP contribution in [0.25, 0.3) is 12.2 Å². The number of rotatable bonds is 8. The highest BCUT2D eigenvalue weighted by Crippen LogP contribution is 2.21. The Hall–Kier alpha value is -4.81. The van der Waals surface area contributed by atoms with Gasteiger partial charge in [-0.1, -0.05) is 65.7 Å². The van der Waals surface area contributed by atoms with Gasteiger partial charge in [-0.25, -0.2) is 4.39 Å². The molecule has 194 valence electrons. The Bertz CT molecular complexity index is 1560. The SMILES string of the molecule is Cc1cccc(/C=C(\NC(=O)c2ccccc2)C(=O)Nc2ccc(C(=O)/C=C/c3c(F)cccc3Cl)cc2)c1. The second-order valence-electron chi connectivity index (χ2n) is 8.66. The molecule has 39 heavy (non-hydrogen) atoms. The zero-order valence-corrected chi connectivity index (χ0v) is 21.7. The molecule has 0 aliphatic heterocycles. The van der Waals surface area contributed by atoms with Crippen LogP contribution in [-0.2, 0) is 4.79 Å². The molecule has 0 heterocycles. The Balaban J connectivity index is 1.50. The smallest absolute Gasteiger partial charge is 0.272 e.